The largest absolute Gasteiger partial charge is 0.309 e. The summed E-state index contributed by atoms with van der Waals surface area (Å²) in [6.45, 7) is 7.92. The summed E-state index contributed by atoms with van der Waals surface area (Å²) < 4.78 is 0.492. The van der Waals surface area contributed by atoms with E-state index in [0.717, 1.165) is 6.54 Å². The van der Waals surface area contributed by atoms with Crippen LogP contribution in [0.5, 0.6) is 0 Å². The van der Waals surface area contributed by atoms with Crippen LogP contribution in [0.3, 0.4) is 0 Å². The molecule has 0 bridgehead atoms. The van der Waals surface area contributed by atoms with Crippen molar-refractivity contribution >= 4 is 11.8 Å². The minimum Gasteiger partial charge on any atom is -0.309 e. The predicted octanol–water partition coefficient (Wildman–Crippen LogP) is 5.14. The van der Waals surface area contributed by atoms with Crippen LogP contribution in [0.2, 0.25) is 0 Å². The Balaban J connectivity index is 1.92. The monoisotopic (exact) mass is 291 g/mol. The van der Waals surface area contributed by atoms with Crippen LogP contribution >= 0.6 is 11.8 Å². The molecule has 1 aliphatic carbocycles. The zero-order valence-corrected chi connectivity index (χ0v) is 14.2. The molecule has 2 rings (SSSR count). The lowest BCUT2D eigenvalue weighted by Gasteiger charge is -2.29. The van der Waals surface area contributed by atoms with Crippen molar-refractivity contribution < 1.29 is 0 Å². The third-order valence-electron chi connectivity index (χ3n) is 4.78. The quantitative estimate of drug-likeness (QED) is 0.779. The van der Waals surface area contributed by atoms with Gasteiger partial charge in [0.15, 0.2) is 0 Å². The van der Waals surface area contributed by atoms with E-state index in [1.165, 1.54) is 36.8 Å². The molecule has 0 amide bonds. The summed E-state index contributed by atoms with van der Waals surface area (Å²) >= 11 is 2.06. The normalized spacial score (nSPS) is 19.4. The van der Waals surface area contributed by atoms with Gasteiger partial charge in [0.25, 0.3) is 0 Å². The van der Waals surface area contributed by atoms with Crippen LogP contribution in [0, 0.1) is 0 Å². The van der Waals surface area contributed by atoms with Gasteiger partial charge in [-0.3, -0.25) is 0 Å². The van der Waals surface area contributed by atoms with Gasteiger partial charge in [-0.2, -0.15) is 11.8 Å². The molecule has 2 heteroatoms. The van der Waals surface area contributed by atoms with Crippen molar-refractivity contribution in [2.75, 3.05) is 12.8 Å². The van der Waals surface area contributed by atoms with E-state index in [-0.39, 0.29) is 0 Å². The summed E-state index contributed by atoms with van der Waals surface area (Å²) in [6, 6.07) is 9.57. The van der Waals surface area contributed by atoms with Crippen molar-refractivity contribution in [1.82, 2.24) is 5.32 Å². The molecule has 1 N–H and O–H groups in total. The van der Waals surface area contributed by atoms with Crippen LogP contribution < -0.4 is 5.32 Å². The number of hydrogen-bond acceptors (Lipinski definition) is 2. The number of hydrogen-bond donors (Lipinski definition) is 1. The molecule has 1 atom stereocenters. The Morgan fingerprint density at radius 2 is 1.60 bits per heavy atom. The Morgan fingerprint density at radius 3 is 2.10 bits per heavy atom. The van der Waals surface area contributed by atoms with Gasteiger partial charge in [-0.05, 0) is 43.1 Å². The van der Waals surface area contributed by atoms with E-state index in [1.54, 1.807) is 0 Å². The van der Waals surface area contributed by atoms with E-state index in [1.807, 2.05) is 0 Å². The van der Waals surface area contributed by atoms with Gasteiger partial charge in [-0.15, -0.1) is 0 Å². The highest BCUT2D eigenvalue weighted by atomic mass is 32.2. The summed E-state index contributed by atoms with van der Waals surface area (Å²) in [5.41, 5.74) is 2.83. The summed E-state index contributed by atoms with van der Waals surface area (Å²) in [6.07, 6.45) is 7.83. The fraction of sp³-hybridized carbons (Fsp3) is 0.667. The molecule has 1 saturated carbocycles. The van der Waals surface area contributed by atoms with Crippen LogP contribution in [-0.2, 0) is 0 Å². The first-order valence-corrected chi connectivity index (χ1v) is 9.17. The van der Waals surface area contributed by atoms with Gasteiger partial charge in [-0.25, -0.2) is 0 Å². The van der Waals surface area contributed by atoms with Gasteiger partial charge in [0.2, 0.25) is 0 Å². The second kappa shape index (κ2) is 7.00. The summed E-state index contributed by atoms with van der Waals surface area (Å²) in [4.78, 5) is 0. The van der Waals surface area contributed by atoms with Gasteiger partial charge in [-0.1, -0.05) is 51.0 Å². The molecule has 1 fully saturated rings. The molecule has 0 saturated heterocycles. The summed E-state index contributed by atoms with van der Waals surface area (Å²) in [5.74, 6) is 0.616. The van der Waals surface area contributed by atoms with Crippen molar-refractivity contribution in [3.8, 4) is 0 Å². The molecule has 1 unspecified atom stereocenters. The highest BCUT2D eigenvalue weighted by Gasteiger charge is 2.32. The van der Waals surface area contributed by atoms with E-state index in [4.69, 9.17) is 0 Å². The van der Waals surface area contributed by atoms with E-state index >= 15 is 0 Å². The number of thioether (sulfide) groups is 1. The average Bonchev–Trinajstić information content (AvgIpc) is 2.94. The fourth-order valence-corrected chi connectivity index (χ4v) is 4.02. The minimum atomic E-state index is 0.445. The molecule has 1 aliphatic rings. The molecule has 1 aromatic carbocycles. The third-order valence-corrected chi connectivity index (χ3v) is 6.20. The molecular weight excluding hydrogens is 262 g/mol. The average molecular weight is 292 g/mol. The van der Waals surface area contributed by atoms with E-state index in [0.29, 0.717) is 16.7 Å². The Morgan fingerprint density at radius 1 is 1.05 bits per heavy atom. The first kappa shape index (κ1) is 15.9. The number of nitrogens with one attached hydrogen (secondary N) is 1. The molecule has 0 aliphatic heterocycles. The third kappa shape index (κ3) is 3.79. The molecular formula is C18H29NS. The topological polar surface area (TPSA) is 12.0 Å². The standard InChI is InChI=1S/C18H29NS/c1-14(2)16-7-9-17(10-8-16)15(3)19-13-18(20-4)11-5-6-12-18/h7-10,14-15,19H,5-6,11-13H2,1-4H3. The van der Waals surface area contributed by atoms with E-state index in [2.05, 4.69) is 68.4 Å². The summed E-state index contributed by atoms with van der Waals surface area (Å²) in [5, 5.41) is 3.76. The maximum absolute atomic E-state index is 3.76. The zero-order valence-electron chi connectivity index (χ0n) is 13.4. The Hall–Kier alpha value is -0.470. The zero-order chi connectivity index (χ0) is 14.6. The molecule has 20 heavy (non-hydrogen) atoms. The molecule has 0 heterocycles. The van der Waals surface area contributed by atoms with Crippen molar-refractivity contribution in [2.45, 2.75) is 63.2 Å². The molecule has 0 spiro atoms. The number of benzene rings is 1. The highest BCUT2D eigenvalue weighted by molar-refractivity contribution is 8.00. The lowest BCUT2D eigenvalue weighted by Crippen LogP contribution is -2.36. The first-order valence-electron chi connectivity index (χ1n) is 7.95. The lowest BCUT2D eigenvalue weighted by molar-refractivity contribution is 0.486. The predicted molar refractivity (Wildman–Crippen MR) is 91.7 cm³/mol. The SMILES string of the molecule is CSC1(CNC(C)c2ccc(C(C)C)cc2)CCCC1. The lowest BCUT2D eigenvalue weighted by atomic mass is 9.99. The highest BCUT2D eigenvalue weighted by Crippen LogP contribution is 2.40. The van der Waals surface area contributed by atoms with Gasteiger partial charge >= 0.3 is 0 Å². The Kier molecular flexibility index (Phi) is 5.57. The summed E-state index contributed by atoms with van der Waals surface area (Å²) in [7, 11) is 0. The molecule has 0 aromatic heterocycles. The van der Waals surface area contributed by atoms with Gasteiger partial charge < -0.3 is 5.32 Å². The van der Waals surface area contributed by atoms with Gasteiger partial charge in [0.1, 0.15) is 0 Å². The van der Waals surface area contributed by atoms with Gasteiger partial charge in [0.05, 0.1) is 0 Å². The van der Waals surface area contributed by atoms with Crippen molar-refractivity contribution in [3.63, 3.8) is 0 Å². The van der Waals surface area contributed by atoms with E-state index < -0.39 is 0 Å². The van der Waals surface area contributed by atoms with Gasteiger partial charge in [0, 0.05) is 17.3 Å². The maximum Gasteiger partial charge on any atom is 0.0292 e. The van der Waals surface area contributed by atoms with Crippen molar-refractivity contribution in [1.29, 1.82) is 0 Å². The second-order valence-electron chi connectivity index (χ2n) is 6.52. The molecule has 0 radical (unpaired) electrons. The van der Waals surface area contributed by atoms with Crippen LogP contribution in [0.1, 0.15) is 69.5 Å². The van der Waals surface area contributed by atoms with E-state index in [9.17, 15) is 0 Å². The van der Waals surface area contributed by atoms with Crippen LogP contribution in [0.25, 0.3) is 0 Å². The van der Waals surface area contributed by atoms with Crippen LogP contribution in [-0.4, -0.2) is 17.5 Å². The minimum absolute atomic E-state index is 0.445. The number of rotatable bonds is 6. The van der Waals surface area contributed by atoms with Crippen molar-refractivity contribution in [2.24, 2.45) is 0 Å². The van der Waals surface area contributed by atoms with Crippen LogP contribution in [0.4, 0.5) is 0 Å². The smallest absolute Gasteiger partial charge is 0.0292 e. The molecule has 112 valence electrons. The fourth-order valence-electron chi connectivity index (χ4n) is 3.10. The van der Waals surface area contributed by atoms with Crippen molar-refractivity contribution in [3.05, 3.63) is 35.4 Å². The second-order valence-corrected chi connectivity index (χ2v) is 7.79. The Bertz CT molecular complexity index is 404. The Labute approximate surface area is 128 Å². The molecule has 1 nitrogen and oxygen atoms in total. The maximum atomic E-state index is 3.76. The van der Waals surface area contributed by atoms with Crippen LogP contribution in [0.15, 0.2) is 24.3 Å². The first-order chi connectivity index (χ1) is 9.56. The molecule has 1 aromatic rings.